The van der Waals surface area contributed by atoms with E-state index in [9.17, 15) is 9.18 Å². The van der Waals surface area contributed by atoms with Crippen molar-refractivity contribution in [3.8, 4) is 6.07 Å². The lowest BCUT2D eigenvalue weighted by Gasteiger charge is -2.04. The molecule has 0 fully saturated rings. The third-order valence-corrected chi connectivity index (χ3v) is 1.64. The third kappa shape index (κ3) is 2.56. The van der Waals surface area contributed by atoms with Crippen molar-refractivity contribution in [3.05, 3.63) is 29.8 Å². The predicted molar refractivity (Wildman–Crippen MR) is 50.4 cm³/mol. The summed E-state index contributed by atoms with van der Waals surface area (Å²) in [6, 6.07) is 8.16. The summed E-state index contributed by atoms with van der Waals surface area (Å²) in [4.78, 5) is 10.9. The Morgan fingerprint density at radius 3 is 2.50 bits per heavy atom. The highest BCUT2D eigenvalue weighted by molar-refractivity contribution is 5.93. The Morgan fingerprint density at radius 2 is 2.07 bits per heavy atom. The third-order valence-electron chi connectivity index (χ3n) is 1.64. The summed E-state index contributed by atoms with van der Waals surface area (Å²) in [7, 11) is 0. The lowest BCUT2D eigenvalue weighted by atomic mass is 10.2. The second kappa shape index (κ2) is 4.38. The number of hydrogen-bond acceptors (Lipinski definition) is 2. The Kier molecular flexibility index (Phi) is 3.19. The first-order valence-electron chi connectivity index (χ1n) is 4.08. The van der Waals surface area contributed by atoms with Gasteiger partial charge in [-0.15, -0.1) is 0 Å². The van der Waals surface area contributed by atoms with Crippen molar-refractivity contribution in [2.24, 2.45) is 0 Å². The van der Waals surface area contributed by atoms with Crippen molar-refractivity contribution in [2.75, 3.05) is 5.32 Å². The molecule has 0 saturated carbocycles. The number of nitrogens with one attached hydrogen (secondary N) is 1. The second-order valence-electron chi connectivity index (χ2n) is 2.79. The van der Waals surface area contributed by atoms with Crippen LogP contribution in [0.15, 0.2) is 24.3 Å². The van der Waals surface area contributed by atoms with Gasteiger partial charge in [0.2, 0.25) is 0 Å². The maximum absolute atomic E-state index is 12.5. The molecule has 1 aromatic carbocycles. The molecule has 1 atom stereocenters. The lowest BCUT2D eigenvalue weighted by molar-refractivity contribution is -0.120. The van der Waals surface area contributed by atoms with E-state index >= 15 is 0 Å². The van der Waals surface area contributed by atoms with E-state index in [1.165, 1.54) is 6.92 Å². The zero-order chi connectivity index (χ0) is 10.6. The first-order valence-corrected chi connectivity index (χ1v) is 4.08. The van der Waals surface area contributed by atoms with E-state index in [1.54, 1.807) is 24.3 Å². The number of alkyl halides is 1. The minimum Gasteiger partial charge on any atom is -0.324 e. The Morgan fingerprint density at radius 1 is 1.50 bits per heavy atom. The zero-order valence-corrected chi connectivity index (χ0v) is 7.62. The second-order valence-corrected chi connectivity index (χ2v) is 2.79. The maximum Gasteiger partial charge on any atom is 0.258 e. The van der Waals surface area contributed by atoms with Gasteiger partial charge in [-0.05, 0) is 31.2 Å². The topological polar surface area (TPSA) is 52.9 Å². The van der Waals surface area contributed by atoms with Gasteiger partial charge in [-0.25, -0.2) is 4.39 Å². The van der Waals surface area contributed by atoms with Crippen LogP contribution >= 0.6 is 0 Å². The van der Waals surface area contributed by atoms with Gasteiger partial charge in [-0.1, -0.05) is 0 Å². The maximum atomic E-state index is 12.5. The molecule has 3 nitrogen and oxygen atoms in total. The molecule has 0 bridgehead atoms. The Labute approximate surface area is 81.2 Å². The highest BCUT2D eigenvalue weighted by Crippen LogP contribution is 2.09. The lowest BCUT2D eigenvalue weighted by Crippen LogP contribution is -2.20. The van der Waals surface area contributed by atoms with Gasteiger partial charge in [0.1, 0.15) is 0 Å². The molecule has 72 valence electrons. The molecule has 0 aliphatic rings. The van der Waals surface area contributed by atoms with Crippen LogP contribution in [-0.4, -0.2) is 12.1 Å². The fraction of sp³-hybridized carbons (Fsp3) is 0.200. The van der Waals surface area contributed by atoms with Crippen LogP contribution in [0.3, 0.4) is 0 Å². The summed E-state index contributed by atoms with van der Waals surface area (Å²) < 4.78 is 12.5. The fourth-order valence-corrected chi connectivity index (χ4v) is 0.870. The Bertz CT molecular complexity index is 365. The van der Waals surface area contributed by atoms with Crippen molar-refractivity contribution in [2.45, 2.75) is 13.1 Å². The molecular formula is C10H9FN2O. The number of nitrogens with zero attached hydrogens (tertiary/aromatic N) is 1. The highest BCUT2D eigenvalue weighted by Gasteiger charge is 2.10. The summed E-state index contributed by atoms with van der Waals surface area (Å²) in [5.74, 6) is -0.685. The van der Waals surface area contributed by atoms with E-state index in [2.05, 4.69) is 5.32 Å². The molecule has 1 aromatic rings. The van der Waals surface area contributed by atoms with Crippen molar-refractivity contribution in [3.63, 3.8) is 0 Å². The van der Waals surface area contributed by atoms with Gasteiger partial charge in [0.15, 0.2) is 6.17 Å². The minimum absolute atomic E-state index is 0.485. The molecular weight excluding hydrogens is 183 g/mol. The van der Waals surface area contributed by atoms with E-state index < -0.39 is 12.1 Å². The van der Waals surface area contributed by atoms with Gasteiger partial charge in [-0.3, -0.25) is 4.79 Å². The molecule has 1 unspecified atom stereocenters. The smallest absolute Gasteiger partial charge is 0.258 e. The molecule has 1 rings (SSSR count). The average Bonchev–Trinajstić information content (AvgIpc) is 2.19. The van der Waals surface area contributed by atoms with E-state index in [-0.39, 0.29) is 0 Å². The first-order chi connectivity index (χ1) is 6.63. The van der Waals surface area contributed by atoms with Crippen molar-refractivity contribution < 1.29 is 9.18 Å². The fourth-order valence-electron chi connectivity index (χ4n) is 0.870. The summed E-state index contributed by atoms with van der Waals surface area (Å²) >= 11 is 0. The van der Waals surface area contributed by atoms with E-state index in [0.717, 1.165) is 0 Å². The van der Waals surface area contributed by atoms with Gasteiger partial charge in [0, 0.05) is 5.69 Å². The number of carbonyl (C=O) groups excluding carboxylic acids is 1. The van der Waals surface area contributed by atoms with Crippen LogP contribution < -0.4 is 5.32 Å². The Balaban J connectivity index is 2.70. The van der Waals surface area contributed by atoms with Gasteiger partial charge in [0.25, 0.3) is 5.91 Å². The molecule has 0 saturated heterocycles. The van der Waals surface area contributed by atoms with Gasteiger partial charge >= 0.3 is 0 Å². The standard InChI is InChI=1S/C10H9FN2O/c1-7(11)10(14)13-9-4-2-8(6-12)3-5-9/h2-5,7H,1H3,(H,13,14). The molecule has 0 aliphatic heterocycles. The molecule has 0 spiro atoms. The van der Waals surface area contributed by atoms with Crippen LogP contribution in [0.1, 0.15) is 12.5 Å². The molecule has 0 aliphatic carbocycles. The summed E-state index contributed by atoms with van der Waals surface area (Å²) in [5, 5.41) is 10.9. The number of benzene rings is 1. The number of amides is 1. The molecule has 0 radical (unpaired) electrons. The normalized spacial score (nSPS) is 11.5. The first kappa shape index (κ1) is 10.2. The van der Waals surface area contributed by atoms with Crippen LogP contribution in [0, 0.1) is 11.3 Å². The zero-order valence-electron chi connectivity index (χ0n) is 7.62. The van der Waals surface area contributed by atoms with Crippen LogP contribution in [0.4, 0.5) is 10.1 Å². The van der Waals surface area contributed by atoms with Crippen LogP contribution in [0.5, 0.6) is 0 Å². The van der Waals surface area contributed by atoms with Gasteiger partial charge < -0.3 is 5.32 Å². The molecule has 0 aromatic heterocycles. The number of hydrogen-bond donors (Lipinski definition) is 1. The summed E-state index contributed by atoms with van der Waals surface area (Å²) in [6.07, 6.45) is -1.54. The molecule has 4 heteroatoms. The van der Waals surface area contributed by atoms with Crippen LogP contribution in [0.25, 0.3) is 0 Å². The van der Waals surface area contributed by atoms with E-state index in [0.29, 0.717) is 11.3 Å². The molecule has 14 heavy (non-hydrogen) atoms. The largest absolute Gasteiger partial charge is 0.324 e. The average molecular weight is 192 g/mol. The number of carbonyl (C=O) groups is 1. The predicted octanol–water partition coefficient (Wildman–Crippen LogP) is 1.85. The van der Waals surface area contributed by atoms with Crippen LogP contribution in [-0.2, 0) is 4.79 Å². The quantitative estimate of drug-likeness (QED) is 0.777. The van der Waals surface area contributed by atoms with Crippen molar-refractivity contribution in [1.29, 1.82) is 5.26 Å². The minimum atomic E-state index is -1.54. The van der Waals surface area contributed by atoms with E-state index in [4.69, 9.17) is 5.26 Å². The van der Waals surface area contributed by atoms with Gasteiger partial charge in [0.05, 0.1) is 11.6 Å². The summed E-state index contributed by atoms with van der Waals surface area (Å²) in [5.41, 5.74) is 0.981. The van der Waals surface area contributed by atoms with Gasteiger partial charge in [-0.2, -0.15) is 5.26 Å². The van der Waals surface area contributed by atoms with Crippen molar-refractivity contribution in [1.82, 2.24) is 0 Å². The SMILES string of the molecule is CC(F)C(=O)Nc1ccc(C#N)cc1. The monoisotopic (exact) mass is 192 g/mol. The van der Waals surface area contributed by atoms with E-state index in [1.807, 2.05) is 6.07 Å². The van der Waals surface area contributed by atoms with Crippen molar-refractivity contribution >= 4 is 11.6 Å². The molecule has 1 N–H and O–H groups in total. The highest BCUT2D eigenvalue weighted by atomic mass is 19.1. The molecule has 0 heterocycles. The number of halogens is 1. The summed E-state index contributed by atoms with van der Waals surface area (Å²) in [6.45, 7) is 1.17. The van der Waals surface area contributed by atoms with Crippen LogP contribution in [0.2, 0.25) is 0 Å². The number of rotatable bonds is 2. The number of anilines is 1. The number of nitriles is 1. The molecule has 1 amide bonds. The Hall–Kier alpha value is -1.89.